The number of anilines is 1. The van der Waals surface area contributed by atoms with Gasteiger partial charge in [0.15, 0.2) is 0 Å². The number of halogens is 3. The van der Waals surface area contributed by atoms with Crippen LogP contribution in [-0.2, 0) is 11.0 Å². The van der Waals surface area contributed by atoms with Crippen LogP contribution in [0.1, 0.15) is 26.7 Å². The first-order valence-corrected chi connectivity index (χ1v) is 6.54. The summed E-state index contributed by atoms with van der Waals surface area (Å²) in [4.78, 5) is 15.3. The average Bonchev–Trinajstić information content (AvgIpc) is 2.86. The van der Waals surface area contributed by atoms with E-state index in [-0.39, 0.29) is 11.9 Å². The molecule has 2 heterocycles. The molecule has 0 spiro atoms. The van der Waals surface area contributed by atoms with Gasteiger partial charge in [-0.1, -0.05) is 25.9 Å². The van der Waals surface area contributed by atoms with E-state index in [2.05, 4.69) is 14.6 Å². The Bertz CT molecular complexity index is 513. The highest BCUT2D eigenvalue weighted by molar-refractivity contribution is 5.81. The minimum absolute atomic E-state index is 0.0173. The fourth-order valence-electron chi connectivity index (χ4n) is 2.03. The van der Waals surface area contributed by atoms with Crippen molar-refractivity contribution in [3.63, 3.8) is 0 Å². The van der Waals surface area contributed by atoms with Crippen molar-refractivity contribution in [2.75, 3.05) is 31.1 Å². The standard InChI is InChI=1S/C12H17F3N4O2/c1-11(2,3)9(20)18-4-6-19(7-5-18)10-17-16-8(21-10)12(13,14)15/h4-7H2,1-3H3. The number of carbonyl (C=O) groups is 1. The molecule has 0 atom stereocenters. The van der Waals surface area contributed by atoms with E-state index in [1.807, 2.05) is 20.8 Å². The first-order valence-electron chi connectivity index (χ1n) is 6.54. The van der Waals surface area contributed by atoms with Gasteiger partial charge in [-0.05, 0) is 0 Å². The third-order valence-electron chi connectivity index (χ3n) is 3.14. The predicted octanol–water partition coefficient (Wildman–Crippen LogP) is 1.78. The van der Waals surface area contributed by atoms with Crippen LogP contribution >= 0.6 is 0 Å². The molecule has 2 rings (SSSR count). The molecule has 0 radical (unpaired) electrons. The van der Waals surface area contributed by atoms with Crippen LogP contribution in [-0.4, -0.2) is 47.2 Å². The van der Waals surface area contributed by atoms with Crippen molar-refractivity contribution in [1.29, 1.82) is 0 Å². The number of hydrogen-bond acceptors (Lipinski definition) is 5. The summed E-state index contributed by atoms with van der Waals surface area (Å²) in [5, 5.41) is 6.40. The Balaban J connectivity index is 1.98. The second-order valence-corrected chi connectivity index (χ2v) is 5.92. The summed E-state index contributed by atoms with van der Waals surface area (Å²) in [6.07, 6.45) is -4.64. The second-order valence-electron chi connectivity index (χ2n) is 5.92. The van der Waals surface area contributed by atoms with Gasteiger partial charge in [0.2, 0.25) is 5.91 Å². The van der Waals surface area contributed by atoms with E-state index in [1.165, 1.54) is 0 Å². The molecule has 1 amide bonds. The number of nitrogens with zero attached hydrogens (tertiary/aromatic N) is 4. The highest BCUT2D eigenvalue weighted by Crippen LogP contribution is 2.30. The molecule has 1 aromatic heterocycles. The van der Waals surface area contributed by atoms with Gasteiger partial charge < -0.3 is 14.2 Å². The molecule has 0 unspecified atom stereocenters. The average molecular weight is 306 g/mol. The SMILES string of the molecule is CC(C)(C)C(=O)N1CCN(c2nnc(C(F)(F)F)o2)CC1. The molecule has 21 heavy (non-hydrogen) atoms. The van der Waals surface area contributed by atoms with Gasteiger partial charge in [0, 0.05) is 31.6 Å². The molecule has 1 aliphatic rings. The van der Waals surface area contributed by atoms with Crippen molar-refractivity contribution in [2.45, 2.75) is 26.9 Å². The molecule has 0 aromatic carbocycles. The second kappa shape index (κ2) is 5.19. The summed E-state index contributed by atoms with van der Waals surface area (Å²) in [7, 11) is 0. The summed E-state index contributed by atoms with van der Waals surface area (Å²) in [5.74, 6) is -1.34. The van der Waals surface area contributed by atoms with Gasteiger partial charge in [-0.15, -0.1) is 5.10 Å². The molecule has 118 valence electrons. The van der Waals surface area contributed by atoms with Crippen LogP contribution in [0.4, 0.5) is 19.2 Å². The van der Waals surface area contributed by atoms with Crippen LogP contribution in [0.25, 0.3) is 0 Å². The lowest BCUT2D eigenvalue weighted by molar-refractivity contribution is -0.157. The zero-order valence-electron chi connectivity index (χ0n) is 12.1. The van der Waals surface area contributed by atoms with Gasteiger partial charge in [-0.2, -0.15) is 13.2 Å². The third-order valence-corrected chi connectivity index (χ3v) is 3.14. The summed E-state index contributed by atoms with van der Waals surface area (Å²) in [6.45, 7) is 7.04. The van der Waals surface area contributed by atoms with Gasteiger partial charge in [-0.25, -0.2) is 0 Å². The Morgan fingerprint density at radius 3 is 2.10 bits per heavy atom. The van der Waals surface area contributed by atoms with Crippen LogP contribution in [0.5, 0.6) is 0 Å². The van der Waals surface area contributed by atoms with Crippen LogP contribution in [0.15, 0.2) is 4.42 Å². The molecule has 1 aliphatic heterocycles. The highest BCUT2D eigenvalue weighted by Gasteiger charge is 2.39. The third kappa shape index (κ3) is 3.45. The van der Waals surface area contributed by atoms with E-state index in [9.17, 15) is 18.0 Å². The molecule has 1 saturated heterocycles. The van der Waals surface area contributed by atoms with Gasteiger partial charge >= 0.3 is 18.1 Å². The highest BCUT2D eigenvalue weighted by atomic mass is 19.4. The number of aromatic nitrogens is 2. The Morgan fingerprint density at radius 1 is 1.10 bits per heavy atom. The molecule has 1 fully saturated rings. The van der Waals surface area contributed by atoms with Crippen LogP contribution < -0.4 is 4.90 Å². The van der Waals surface area contributed by atoms with Crippen LogP contribution in [0.2, 0.25) is 0 Å². The van der Waals surface area contributed by atoms with Gasteiger partial charge in [0.1, 0.15) is 0 Å². The number of rotatable bonds is 1. The smallest absolute Gasteiger partial charge is 0.399 e. The molecular weight excluding hydrogens is 289 g/mol. The largest absolute Gasteiger partial charge is 0.470 e. The number of hydrogen-bond donors (Lipinski definition) is 0. The molecule has 1 aromatic rings. The molecule has 0 aliphatic carbocycles. The van der Waals surface area contributed by atoms with Crippen molar-refractivity contribution >= 4 is 11.9 Å². The minimum atomic E-state index is -4.64. The number of piperazine rings is 1. The summed E-state index contributed by atoms with van der Waals surface area (Å²) >= 11 is 0. The Labute approximate surface area is 119 Å². The van der Waals surface area contributed by atoms with E-state index in [0.29, 0.717) is 26.2 Å². The molecule has 0 bridgehead atoms. The van der Waals surface area contributed by atoms with Crippen molar-refractivity contribution in [3.8, 4) is 0 Å². The molecule has 9 heteroatoms. The summed E-state index contributed by atoms with van der Waals surface area (Å²) in [6, 6.07) is -0.162. The lowest BCUT2D eigenvalue weighted by atomic mass is 9.94. The molecular formula is C12H17F3N4O2. The number of amides is 1. The molecule has 0 saturated carbocycles. The van der Waals surface area contributed by atoms with Crippen molar-refractivity contribution < 1.29 is 22.4 Å². The Kier molecular flexibility index (Phi) is 3.85. The van der Waals surface area contributed by atoms with Crippen LogP contribution in [0.3, 0.4) is 0 Å². The quantitative estimate of drug-likeness (QED) is 0.791. The van der Waals surface area contributed by atoms with E-state index in [1.54, 1.807) is 9.80 Å². The molecule has 6 nitrogen and oxygen atoms in total. The predicted molar refractivity (Wildman–Crippen MR) is 67.5 cm³/mol. The fraction of sp³-hybridized carbons (Fsp3) is 0.750. The van der Waals surface area contributed by atoms with Gasteiger partial charge in [-0.3, -0.25) is 4.79 Å². The first kappa shape index (κ1) is 15.6. The number of carbonyl (C=O) groups excluding carboxylic acids is 1. The summed E-state index contributed by atoms with van der Waals surface area (Å²) < 4.78 is 41.8. The number of alkyl halides is 3. The zero-order valence-corrected chi connectivity index (χ0v) is 12.1. The normalized spacial score (nSPS) is 17.2. The monoisotopic (exact) mass is 306 g/mol. The maximum Gasteiger partial charge on any atom is 0.470 e. The van der Waals surface area contributed by atoms with E-state index in [4.69, 9.17) is 0 Å². The Hall–Kier alpha value is -1.80. The lowest BCUT2D eigenvalue weighted by Crippen LogP contribution is -2.51. The van der Waals surface area contributed by atoms with Crippen LogP contribution in [0, 0.1) is 5.41 Å². The lowest BCUT2D eigenvalue weighted by Gasteiger charge is -2.36. The Morgan fingerprint density at radius 2 is 1.67 bits per heavy atom. The van der Waals surface area contributed by atoms with Gasteiger partial charge in [0.25, 0.3) is 0 Å². The molecule has 0 N–H and O–H groups in total. The van der Waals surface area contributed by atoms with E-state index < -0.39 is 17.5 Å². The van der Waals surface area contributed by atoms with Gasteiger partial charge in [0.05, 0.1) is 0 Å². The minimum Gasteiger partial charge on any atom is -0.399 e. The zero-order chi connectivity index (χ0) is 15.8. The van der Waals surface area contributed by atoms with Crippen molar-refractivity contribution in [3.05, 3.63) is 5.89 Å². The first-order chi connectivity index (χ1) is 9.59. The fourth-order valence-corrected chi connectivity index (χ4v) is 2.03. The van der Waals surface area contributed by atoms with E-state index >= 15 is 0 Å². The van der Waals surface area contributed by atoms with Crippen molar-refractivity contribution in [1.82, 2.24) is 15.1 Å². The maximum absolute atomic E-state index is 12.4. The maximum atomic E-state index is 12.4. The van der Waals surface area contributed by atoms with Crippen molar-refractivity contribution in [2.24, 2.45) is 5.41 Å². The summed E-state index contributed by atoms with van der Waals surface area (Å²) in [5.41, 5.74) is -0.476. The topological polar surface area (TPSA) is 62.5 Å². The van der Waals surface area contributed by atoms with E-state index in [0.717, 1.165) is 0 Å².